The smallest absolute Gasteiger partial charge is 0.252 e. The summed E-state index contributed by atoms with van der Waals surface area (Å²) >= 11 is 0. The Labute approximate surface area is 151 Å². The molecule has 1 amide bonds. The number of amides is 1. The summed E-state index contributed by atoms with van der Waals surface area (Å²) in [6, 6.07) is 14.8. The van der Waals surface area contributed by atoms with Crippen LogP contribution in [0.1, 0.15) is 15.9 Å². The molecule has 0 bridgehead atoms. The number of carbonyl (C=O) groups excluding carboxylic acids is 1. The van der Waals surface area contributed by atoms with E-state index in [0.717, 1.165) is 11.3 Å². The fraction of sp³-hybridized carbons (Fsp3) is 0.158. The number of hydrogen-bond donors (Lipinski definition) is 1. The molecule has 26 heavy (non-hydrogen) atoms. The highest BCUT2D eigenvalue weighted by Crippen LogP contribution is 2.15. The Hall–Kier alpha value is -3.66. The summed E-state index contributed by atoms with van der Waals surface area (Å²) in [5.41, 5.74) is 2.28. The summed E-state index contributed by atoms with van der Waals surface area (Å²) in [6.07, 6.45) is 1.47. The molecule has 0 saturated heterocycles. The van der Waals surface area contributed by atoms with Crippen molar-refractivity contribution in [1.82, 2.24) is 25.5 Å². The summed E-state index contributed by atoms with van der Waals surface area (Å²) < 4.78 is 7.06. The molecule has 0 aliphatic heterocycles. The number of benzene rings is 2. The fourth-order valence-corrected chi connectivity index (χ4v) is 2.24. The van der Waals surface area contributed by atoms with Gasteiger partial charge < -0.3 is 10.1 Å². The second-order valence-corrected chi connectivity index (χ2v) is 5.40. The molecular weight excluding hydrogens is 330 g/mol. The molecule has 0 atom stereocenters. The lowest BCUT2D eigenvalue weighted by Crippen LogP contribution is -2.23. The second-order valence-electron chi connectivity index (χ2n) is 5.40. The Morgan fingerprint density at radius 1 is 1.19 bits per heavy atom. The van der Waals surface area contributed by atoms with E-state index in [1.54, 1.807) is 18.2 Å². The molecule has 130 valence electrons. The molecule has 3 aromatic rings. The Bertz CT molecular complexity index is 942. The third kappa shape index (κ3) is 4.45. The van der Waals surface area contributed by atoms with Gasteiger partial charge in [-0.1, -0.05) is 36.1 Å². The maximum atomic E-state index is 12.2. The summed E-state index contributed by atoms with van der Waals surface area (Å²) in [4.78, 5) is 12.2. The summed E-state index contributed by atoms with van der Waals surface area (Å²) in [6.45, 7) is 2.49. The highest BCUT2D eigenvalue weighted by molar-refractivity contribution is 5.94. The largest absolute Gasteiger partial charge is 0.481 e. The first-order valence-corrected chi connectivity index (χ1v) is 8.00. The van der Waals surface area contributed by atoms with Gasteiger partial charge in [0.25, 0.3) is 5.91 Å². The normalized spacial score (nSPS) is 9.88. The zero-order valence-electron chi connectivity index (χ0n) is 14.2. The Morgan fingerprint density at radius 2 is 2.08 bits per heavy atom. The van der Waals surface area contributed by atoms with Crippen LogP contribution in [0.5, 0.6) is 5.75 Å². The van der Waals surface area contributed by atoms with Gasteiger partial charge in [-0.05, 0) is 47.2 Å². The third-order valence-electron chi connectivity index (χ3n) is 3.58. The van der Waals surface area contributed by atoms with E-state index >= 15 is 0 Å². The van der Waals surface area contributed by atoms with Gasteiger partial charge in [0.15, 0.2) is 0 Å². The van der Waals surface area contributed by atoms with Crippen LogP contribution in [0.25, 0.3) is 5.69 Å². The van der Waals surface area contributed by atoms with Crippen LogP contribution in [-0.4, -0.2) is 39.3 Å². The number of rotatable bonds is 5. The van der Waals surface area contributed by atoms with Gasteiger partial charge in [-0.25, -0.2) is 4.68 Å². The Kier molecular flexibility index (Phi) is 5.58. The average molecular weight is 347 g/mol. The molecular formula is C19H17N5O2. The van der Waals surface area contributed by atoms with Crippen LogP contribution >= 0.6 is 0 Å². The molecule has 1 heterocycles. The number of aryl methyl sites for hydroxylation is 1. The highest BCUT2D eigenvalue weighted by atomic mass is 16.5. The van der Waals surface area contributed by atoms with Crippen molar-refractivity contribution in [3.05, 3.63) is 66.0 Å². The van der Waals surface area contributed by atoms with E-state index < -0.39 is 0 Å². The monoisotopic (exact) mass is 347 g/mol. The van der Waals surface area contributed by atoms with Gasteiger partial charge in [0.2, 0.25) is 0 Å². The topological polar surface area (TPSA) is 81.9 Å². The predicted octanol–water partition coefficient (Wildman–Crippen LogP) is 1.78. The first-order chi connectivity index (χ1) is 12.7. The predicted molar refractivity (Wildman–Crippen MR) is 95.9 cm³/mol. The van der Waals surface area contributed by atoms with Crippen LogP contribution in [0.3, 0.4) is 0 Å². The molecule has 0 saturated carbocycles. The van der Waals surface area contributed by atoms with E-state index in [-0.39, 0.29) is 19.1 Å². The zero-order chi connectivity index (χ0) is 18.2. The quantitative estimate of drug-likeness (QED) is 0.712. The lowest BCUT2D eigenvalue weighted by atomic mass is 10.2. The molecule has 0 unspecified atom stereocenters. The minimum Gasteiger partial charge on any atom is -0.481 e. The Balaban J connectivity index is 1.49. The van der Waals surface area contributed by atoms with Crippen LogP contribution in [0, 0.1) is 18.8 Å². The number of hydrogen-bond acceptors (Lipinski definition) is 5. The van der Waals surface area contributed by atoms with Gasteiger partial charge >= 0.3 is 0 Å². The maximum Gasteiger partial charge on any atom is 0.252 e. The van der Waals surface area contributed by atoms with E-state index in [9.17, 15) is 4.79 Å². The van der Waals surface area contributed by atoms with E-state index in [4.69, 9.17) is 4.74 Å². The Morgan fingerprint density at radius 3 is 2.88 bits per heavy atom. The van der Waals surface area contributed by atoms with Crippen LogP contribution in [0.15, 0.2) is 54.9 Å². The van der Waals surface area contributed by atoms with Gasteiger partial charge in [0.1, 0.15) is 18.7 Å². The van der Waals surface area contributed by atoms with Crippen molar-refractivity contribution in [2.75, 3.05) is 13.2 Å². The molecule has 7 heteroatoms. The molecule has 7 nitrogen and oxygen atoms in total. The third-order valence-corrected chi connectivity index (χ3v) is 3.58. The first kappa shape index (κ1) is 17.2. The number of aromatic nitrogens is 4. The second kappa shape index (κ2) is 8.44. The number of ether oxygens (including phenoxy) is 1. The van der Waals surface area contributed by atoms with Crippen molar-refractivity contribution >= 4 is 5.91 Å². The van der Waals surface area contributed by atoms with Crippen LogP contribution in [-0.2, 0) is 0 Å². The first-order valence-electron chi connectivity index (χ1n) is 8.00. The highest BCUT2D eigenvalue weighted by Gasteiger charge is 2.06. The number of nitrogens with one attached hydrogen (secondary N) is 1. The minimum absolute atomic E-state index is 0.214. The van der Waals surface area contributed by atoms with Crippen molar-refractivity contribution in [3.63, 3.8) is 0 Å². The molecule has 3 rings (SSSR count). The SMILES string of the molecule is Cc1ccccc1OCC#CCNC(=O)c1cccc(-n2cnnn2)c1. The number of carbonyl (C=O) groups is 1. The standard InChI is InChI=1S/C19H17N5O2/c1-15-7-2-3-10-18(15)26-12-5-4-11-20-19(25)16-8-6-9-17(13-16)24-14-21-22-23-24/h2-3,6-10,13-14H,11-12H2,1H3,(H,20,25). The number of tetrazole rings is 1. The molecule has 1 N–H and O–H groups in total. The van der Waals surface area contributed by atoms with Gasteiger partial charge in [-0.15, -0.1) is 5.10 Å². The van der Waals surface area contributed by atoms with Crippen molar-refractivity contribution in [2.24, 2.45) is 0 Å². The summed E-state index contributed by atoms with van der Waals surface area (Å²) in [7, 11) is 0. The van der Waals surface area contributed by atoms with Crippen LogP contribution in [0.2, 0.25) is 0 Å². The maximum absolute atomic E-state index is 12.2. The van der Waals surface area contributed by atoms with Gasteiger partial charge in [-0.2, -0.15) is 0 Å². The summed E-state index contributed by atoms with van der Waals surface area (Å²) in [5, 5.41) is 13.7. The number of nitrogens with zero attached hydrogens (tertiary/aromatic N) is 4. The van der Waals surface area contributed by atoms with Gasteiger partial charge in [-0.3, -0.25) is 4.79 Å². The molecule has 0 aliphatic carbocycles. The lowest BCUT2D eigenvalue weighted by molar-refractivity contribution is 0.0958. The minimum atomic E-state index is -0.214. The van der Waals surface area contributed by atoms with Crippen molar-refractivity contribution in [3.8, 4) is 23.3 Å². The van der Waals surface area contributed by atoms with Crippen molar-refractivity contribution in [2.45, 2.75) is 6.92 Å². The number of para-hydroxylation sites is 1. The fourth-order valence-electron chi connectivity index (χ4n) is 2.24. The molecule has 0 aliphatic rings. The van der Waals surface area contributed by atoms with Crippen LogP contribution in [0.4, 0.5) is 0 Å². The lowest BCUT2D eigenvalue weighted by Gasteiger charge is -2.05. The van der Waals surface area contributed by atoms with E-state index in [0.29, 0.717) is 11.3 Å². The van der Waals surface area contributed by atoms with E-state index in [1.807, 2.05) is 37.3 Å². The van der Waals surface area contributed by atoms with Crippen molar-refractivity contribution in [1.29, 1.82) is 0 Å². The van der Waals surface area contributed by atoms with E-state index in [1.165, 1.54) is 11.0 Å². The molecule has 2 aromatic carbocycles. The molecule has 0 radical (unpaired) electrons. The molecule has 0 spiro atoms. The molecule has 0 fully saturated rings. The molecule has 1 aromatic heterocycles. The average Bonchev–Trinajstić information content (AvgIpc) is 3.20. The zero-order valence-corrected chi connectivity index (χ0v) is 14.2. The van der Waals surface area contributed by atoms with E-state index in [2.05, 4.69) is 32.7 Å². The summed E-state index contributed by atoms with van der Waals surface area (Å²) in [5.74, 6) is 6.35. The van der Waals surface area contributed by atoms with Gasteiger partial charge in [0, 0.05) is 5.56 Å². The van der Waals surface area contributed by atoms with Crippen LogP contribution < -0.4 is 10.1 Å². The van der Waals surface area contributed by atoms with Gasteiger partial charge in [0.05, 0.1) is 12.2 Å². The van der Waals surface area contributed by atoms with Crippen molar-refractivity contribution < 1.29 is 9.53 Å².